The highest BCUT2D eigenvalue weighted by Crippen LogP contribution is 2.35. The van der Waals surface area contributed by atoms with Crippen LogP contribution in [0.1, 0.15) is 42.5 Å². The summed E-state index contributed by atoms with van der Waals surface area (Å²) in [5.74, 6) is -0.487. The second-order valence-corrected chi connectivity index (χ2v) is 5.60. The summed E-state index contributed by atoms with van der Waals surface area (Å²) in [6, 6.07) is 7.46. The van der Waals surface area contributed by atoms with E-state index < -0.39 is 5.91 Å². The Hall–Kier alpha value is -2.04. The van der Waals surface area contributed by atoms with E-state index >= 15 is 0 Å². The van der Waals surface area contributed by atoms with Gasteiger partial charge in [0.05, 0.1) is 0 Å². The first-order chi connectivity index (χ1) is 9.65. The van der Waals surface area contributed by atoms with Crippen molar-refractivity contribution in [3.63, 3.8) is 0 Å². The molecule has 2 aliphatic heterocycles. The lowest BCUT2D eigenvalue weighted by atomic mass is 10.0. The molecule has 5 nitrogen and oxygen atoms in total. The molecule has 20 heavy (non-hydrogen) atoms. The molecule has 2 atom stereocenters. The van der Waals surface area contributed by atoms with Crippen LogP contribution in [-0.2, 0) is 0 Å². The SMILES string of the molecule is NC(=O)c1cccc(NC(=O)N2C3CCCC2CC3)c1. The van der Waals surface area contributed by atoms with Gasteiger partial charge in [-0.05, 0) is 50.3 Å². The van der Waals surface area contributed by atoms with E-state index in [1.54, 1.807) is 24.3 Å². The van der Waals surface area contributed by atoms with E-state index in [0.29, 0.717) is 23.3 Å². The maximum absolute atomic E-state index is 12.4. The maximum Gasteiger partial charge on any atom is 0.322 e. The Labute approximate surface area is 118 Å². The predicted molar refractivity (Wildman–Crippen MR) is 76.5 cm³/mol. The second-order valence-electron chi connectivity index (χ2n) is 5.60. The Kier molecular flexibility index (Phi) is 3.34. The molecule has 1 aromatic rings. The Morgan fingerprint density at radius 1 is 1.15 bits per heavy atom. The van der Waals surface area contributed by atoms with Gasteiger partial charge in [-0.25, -0.2) is 4.79 Å². The average molecular weight is 273 g/mol. The highest BCUT2D eigenvalue weighted by Gasteiger charge is 2.39. The topological polar surface area (TPSA) is 75.4 Å². The number of fused-ring (bicyclic) bond motifs is 2. The van der Waals surface area contributed by atoms with Gasteiger partial charge in [-0.15, -0.1) is 0 Å². The molecule has 2 heterocycles. The summed E-state index contributed by atoms with van der Waals surface area (Å²) in [4.78, 5) is 25.5. The average Bonchev–Trinajstić information content (AvgIpc) is 2.69. The van der Waals surface area contributed by atoms with E-state index in [-0.39, 0.29) is 6.03 Å². The highest BCUT2D eigenvalue weighted by atomic mass is 16.2. The number of rotatable bonds is 2. The minimum atomic E-state index is -0.487. The summed E-state index contributed by atoms with van der Waals surface area (Å²) < 4.78 is 0. The van der Waals surface area contributed by atoms with Gasteiger partial charge in [0.2, 0.25) is 5.91 Å². The first-order valence-corrected chi connectivity index (χ1v) is 7.14. The molecular weight excluding hydrogens is 254 g/mol. The fraction of sp³-hybridized carbons (Fsp3) is 0.467. The minimum absolute atomic E-state index is 0.0566. The van der Waals surface area contributed by atoms with E-state index in [2.05, 4.69) is 5.32 Å². The molecule has 3 N–H and O–H groups in total. The number of anilines is 1. The number of piperidine rings is 1. The summed E-state index contributed by atoms with van der Waals surface area (Å²) in [7, 11) is 0. The van der Waals surface area contributed by atoms with E-state index in [1.807, 2.05) is 4.90 Å². The molecule has 2 fully saturated rings. The third kappa shape index (κ3) is 2.35. The Bertz CT molecular complexity index is 528. The molecular formula is C15H19N3O2. The van der Waals surface area contributed by atoms with Gasteiger partial charge in [0, 0.05) is 23.3 Å². The van der Waals surface area contributed by atoms with E-state index in [4.69, 9.17) is 5.73 Å². The van der Waals surface area contributed by atoms with Crippen molar-refractivity contribution in [3.05, 3.63) is 29.8 Å². The summed E-state index contributed by atoms with van der Waals surface area (Å²) in [5.41, 5.74) is 6.28. The predicted octanol–water partition coefficient (Wildman–Crippen LogP) is 2.33. The molecule has 0 spiro atoms. The number of hydrogen-bond donors (Lipinski definition) is 2. The van der Waals surface area contributed by atoms with Crippen LogP contribution in [0.2, 0.25) is 0 Å². The van der Waals surface area contributed by atoms with Gasteiger partial charge in [0.1, 0.15) is 0 Å². The number of nitrogens with zero attached hydrogens (tertiary/aromatic N) is 1. The minimum Gasteiger partial charge on any atom is -0.366 e. The molecule has 0 radical (unpaired) electrons. The third-order valence-corrected chi connectivity index (χ3v) is 4.33. The molecule has 0 aliphatic carbocycles. The van der Waals surface area contributed by atoms with Gasteiger partial charge < -0.3 is 16.0 Å². The molecule has 3 rings (SSSR count). The van der Waals surface area contributed by atoms with Crippen molar-refractivity contribution in [2.45, 2.75) is 44.2 Å². The van der Waals surface area contributed by atoms with E-state index in [1.165, 1.54) is 6.42 Å². The van der Waals surface area contributed by atoms with Crippen LogP contribution in [-0.4, -0.2) is 28.9 Å². The molecule has 5 heteroatoms. The van der Waals surface area contributed by atoms with Crippen LogP contribution < -0.4 is 11.1 Å². The third-order valence-electron chi connectivity index (χ3n) is 4.33. The van der Waals surface area contributed by atoms with Gasteiger partial charge in [-0.2, -0.15) is 0 Å². The number of nitrogens with two attached hydrogens (primary N) is 1. The van der Waals surface area contributed by atoms with Crippen LogP contribution in [0.4, 0.5) is 10.5 Å². The van der Waals surface area contributed by atoms with E-state index in [9.17, 15) is 9.59 Å². The number of benzene rings is 1. The zero-order valence-electron chi connectivity index (χ0n) is 11.3. The second kappa shape index (κ2) is 5.15. The summed E-state index contributed by atoms with van der Waals surface area (Å²) in [5, 5.41) is 2.89. The molecule has 2 bridgehead atoms. The summed E-state index contributed by atoms with van der Waals surface area (Å²) in [6.07, 6.45) is 5.64. The number of amides is 3. The first-order valence-electron chi connectivity index (χ1n) is 7.14. The van der Waals surface area contributed by atoms with Crippen molar-refractivity contribution in [3.8, 4) is 0 Å². The summed E-state index contributed by atoms with van der Waals surface area (Å²) >= 11 is 0. The zero-order valence-corrected chi connectivity index (χ0v) is 11.3. The van der Waals surface area contributed by atoms with Crippen LogP contribution in [0.25, 0.3) is 0 Å². The van der Waals surface area contributed by atoms with Crippen LogP contribution in [0.3, 0.4) is 0 Å². The zero-order chi connectivity index (χ0) is 14.1. The largest absolute Gasteiger partial charge is 0.366 e. The fourth-order valence-corrected chi connectivity index (χ4v) is 3.39. The molecule has 0 aromatic heterocycles. The normalized spacial score (nSPS) is 24.5. The number of urea groups is 1. The molecule has 1 aromatic carbocycles. The van der Waals surface area contributed by atoms with Crippen molar-refractivity contribution >= 4 is 17.6 Å². The lowest BCUT2D eigenvalue weighted by Crippen LogP contribution is -2.46. The lowest BCUT2D eigenvalue weighted by molar-refractivity contribution is 0.1000. The Morgan fingerprint density at radius 3 is 2.50 bits per heavy atom. The number of carbonyl (C=O) groups excluding carboxylic acids is 2. The number of primary amides is 1. The lowest BCUT2D eigenvalue weighted by Gasteiger charge is -2.34. The molecule has 0 saturated carbocycles. The van der Waals surface area contributed by atoms with Gasteiger partial charge in [0.25, 0.3) is 0 Å². The van der Waals surface area contributed by atoms with Crippen LogP contribution in [0.15, 0.2) is 24.3 Å². The highest BCUT2D eigenvalue weighted by molar-refractivity contribution is 5.96. The van der Waals surface area contributed by atoms with Crippen LogP contribution in [0, 0.1) is 0 Å². The first kappa shape index (κ1) is 13.0. The Morgan fingerprint density at radius 2 is 1.85 bits per heavy atom. The van der Waals surface area contributed by atoms with Crippen molar-refractivity contribution in [2.75, 3.05) is 5.32 Å². The van der Waals surface area contributed by atoms with E-state index in [0.717, 1.165) is 25.7 Å². The van der Waals surface area contributed by atoms with Crippen LogP contribution >= 0.6 is 0 Å². The standard InChI is InChI=1S/C15H19N3O2/c16-14(19)10-3-1-4-11(9-10)17-15(20)18-12-5-2-6-13(18)8-7-12/h1,3-4,9,12-13H,2,5-8H2,(H2,16,19)(H,17,20). The number of carbonyl (C=O) groups is 2. The van der Waals surface area contributed by atoms with Gasteiger partial charge in [-0.3, -0.25) is 4.79 Å². The van der Waals surface area contributed by atoms with Crippen molar-refractivity contribution in [1.29, 1.82) is 0 Å². The Balaban J connectivity index is 1.73. The number of hydrogen-bond acceptors (Lipinski definition) is 2. The molecule has 2 saturated heterocycles. The fourth-order valence-electron chi connectivity index (χ4n) is 3.39. The van der Waals surface area contributed by atoms with Crippen molar-refractivity contribution < 1.29 is 9.59 Å². The molecule has 2 aliphatic rings. The molecule has 2 unspecified atom stereocenters. The summed E-state index contributed by atoms with van der Waals surface area (Å²) in [6.45, 7) is 0. The monoisotopic (exact) mass is 273 g/mol. The van der Waals surface area contributed by atoms with Crippen molar-refractivity contribution in [1.82, 2.24) is 4.90 Å². The van der Waals surface area contributed by atoms with Gasteiger partial charge >= 0.3 is 6.03 Å². The van der Waals surface area contributed by atoms with Crippen molar-refractivity contribution in [2.24, 2.45) is 5.73 Å². The van der Waals surface area contributed by atoms with Gasteiger partial charge in [-0.1, -0.05) is 6.07 Å². The maximum atomic E-state index is 12.4. The number of nitrogens with one attached hydrogen (secondary N) is 1. The molecule has 3 amide bonds. The molecule has 106 valence electrons. The van der Waals surface area contributed by atoms with Crippen LogP contribution in [0.5, 0.6) is 0 Å². The quantitative estimate of drug-likeness (QED) is 0.867. The smallest absolute Gasteiger partial charge is 0.322 e. The van der Waals surface area contributed by atoms with Gasteiger partial charge in [0.15, 0.2) is 0 Å².